The number of carbonyl (C=O) groups is 1. The average molecular weight is 269 g/mol. The van der Waals surface area contributed by atoms with E-state index in [9.17, 15) is 18.0 Å². The highest BCUT2D eigenvalue weighted by molar-refractivity contribution is 5.97. The van der Waals surface area contributed by atoms with Gasteiger partial charge >= 0.3 is 6.18 Å². The Bertz CT molecular complexity index is 604. The van der Waals surface area contributed by atoms with Gasteiger partial charge in [-0.05, 0) is 12.1 Å². The molecule has 0 fully saturated rings. The van der Waals surface area contributed by atoms with Crippen molar-refractivity contribution in [2.75, 3.05) is 0 Å². The van der Waals surface area contributed by atoms with Crippen molar-refractivity contribution < 1.29 is 18.0 Å². The smallest absolute Gasteiger partial charge is 0.294 e. The van der Waals surface area contributed by atoms with Crippen LogP contribution in [-0.4, -0.2) is 20.8 Å². The number of benzene rings is 1. The van der Waals surface area contributed by atoms with Crippen molar-refractivity contribution in [2.45, 2.75) is 12.6 Å². The summed E-state index contributed by atoms with van der Waals surface area (Å²) in [7, 11) is 1.64. The minimum absolute atomic E-state index is 0.0143. The van der Waals surface area contributed by atoms with Gasteiger partial charge in [0.15, 0.2) is 5.78 Å². The van der Waals surface area contributed by atoms with E-state index in [2.05, 4.69) is 10.3 Å². The van der Waals surface area contributed by atoms with Crippen LogP contribution >= 0.6 is 0 Å². The summed E-state index contributed by atoms with van der Waals surface area (Å²) >= 11 is 0. The number of alkyl halides is 3. The van der Waals surface area contributed by atoms with Gasteiger partial charge in [-0.15, -0.1) is 5.10 Å². The number of nitrogens with zero attached hydrogens (tertiary/aromatic N) is 3. The molecule has 7 heteroatoms. The predicted molar refractivity (Wildman–Crippen MR) is 60.5 cm³/mol. The fourth-order valence-electron chi connectivity index (χ4n) is 1.61. The van der Waals surface area contributed by atoms with Gasteiger partial charge < -0.3 is 0 Å². The van der Waals surface area contributed by atoms with E-state index in [1.165, 1.54) is 16.8 Å². The summed E-state index contributed by atoms with van der Waals surface area (Å²) < 4.78 is 39.0. The molecule has 0 aliphatic rings. The van der Waals surface area contributed by atoms with Crippen molar-refractivity contribution in [1.29, 1.82) is 0 Å². The molecular weight excluding hydrogens is 259 g/mol. The molecule has 0 aliphatic carbocycles. The first-order chi connectivity index (χ1) is 8.86. The molecule has 2 aromatic rings. The Kier molecular flexibility index (Phi) is 3.37. The van der Waals surface area contributed by atoms with E-state index < -0.39 is 17.5 Å². The highest BCUT2D eigenvalue weighted by Gasteiger charge is 2.30. The number of halogens is 3. The van der Waals surface area contributed by atoms with Gasteiger partial charge in [-0.25, -0.2) is 0 Å². The van der Waals surface area contributed by atoms with Gasteiger partial charge in [0.25, 0.3) is 0 Å². The van der Waals surface area contributed by atoms with Gasteiger partial charge in [0.1, 0.15) is 0 Å². The lowest BCUT2D eigenvalue weighted by Gasteiger charge is -2.07. The van der Waals surface area contributed by atoms with Crippen LogP contribution in [0.15, 0.2) is 30.5 Å². The van der Waals surface area contributed by atoms with E-state index in [-0.39, 0.29) is 12.0 Å². The number of aryl methyl sites for hydroxylation is 1. The molecule has 0 bridgehead atoms. The molecule has 0 atom stereocenters. The molecule has 2 rings (SSSR count). The lowest BCUT2D eigenvalue weighted by atomic mass is 10.0. The molecule has 4 nitrogen and oxygen atoms in total. The molecule has 1 heterocycles. The molecule has 0 spiro atoms. The van der Waals surface area contributed by atoms with Crippen molar-refractivity contribution >= 4 is 5.78 Å². The fourth-order valence-corrected chi connectivity index (χ4v) is 1.61. The van der Waals surface area contributed by atoms with Crippen LogP contribution in [-0.2, 0) is 19.6 Å². The van der Waals surface area contributed by atoms with Gasteiger partial charge in [0.05, 0.1) is 17.7 Å². The molecule has 100 valence electrons. The standard InChI is InChI=1S/C12H10F3N3O/c1-18-7-10(16-17-18)6-11(19)8-3-2-4-9(5-8)12(13,14)15/h2-5,7H,6H2,1H3. The predicted octanol–water partition coefficient (Wildman–Crippen LogP) is 2.26. The third-order valence-corrected chi connectivity index (χ3v) is 2.50. The highest BCUT2D eigenvalue weighted by atomic mass is 19.4. The summed E-state index contributed by atoms with van der Waals surface area (Å²) in [5.74, 6) is -0.424. The normalized spacial score (nSPS) is 11.6. The number of hydrogen-bond acceptors (Lipinski definition) is 3. The van der Waals surface area contributed by atoms with E-state index in [1.54, 1.807) is 13.2 Å². The zero-order valence-corrected chi connectivity index (χ0v) is 9.98. The summed E-state index contributed by atoms with van der Waals surface area (Å²) in [5.41, 5.74) is -0.400. The molecule has 19 heavy (non-hydrogen) atoms. The second-order valence-corrected chi connectivity index (χ2v) is 4.06. The first-order valence-corrected chi connectivity index (χ1v) is 5.42. The zero-order chi connectivity index (χ0) is 14.0. The maximum atomic E-state index is 12.5. The summed E-state index contributed by atoms with van der Waals surface area (Å²) in [6.45, 7) is 0. The summed E-state index contributed by atoms with van der Waals surface area (Å²) in [6.07, 6.45) is -2.98. The number of rotatable bonds is 3. The fraction of sp³-hybridized carbons (Fsp3) is 0.250. The van der Waals surface area contributed by atoms with Gasteiger partial charge in [-0.1, -0.05) is 17.3 Å². The molecule has 1 aromatic heterocycles. The van der Waals surface area contributed by atoms with Gasteiger partial charge in [0.2, 0.25) is 0 Å². The Labute approximate surface area is 106 Å². The van der Waals surface area contributed by atoms with Crippen LogP contribution in [0.5, 0.6) is 0 Å². The van der Waals surface area contributed by atoms with Gasteiger partial charge in [0, 0.05) is 18.8 Å². The van der Waals surface area contributed by atoms with Crippen molar-refractivity contribution in [3.05, 3.63) is 47.3 Å². The first kappa shape index (κ1) is 13.3. The number of aromatic nitrogens is 3. The average Bonchev–Trinajstić information content (AvgIpc) is 2.74. The molecule has 0 radical (unpaired) electrons. The lowest BCUT2D eigenvalue weighted by molar-refractivity contribution is -0.137. The molecule has 0 saturated carbocycles. The van der Waals surface area contributed by atoms with E-state index in [1.807, 2.05) is 0 Å². The largest absolute Gasteiger partial charge is 0.416 e. The zero-order valence-electron chi connectivity index (χ0n) is 9.98. The van der Waals surface area contributed by atoms with Crippen molar-refractivity contribution in [1.82, 2.24) is 15.0 Å². The second kappa shape index (κ2) is 4.83. The number of hydrogen-bond donors (Lipinski definition) is 0. The maximum absolute atomic E-state index is 12.5. The second-order valence-electron chi connectivity index (χ2n) is 4.06. The number of ketones is 1. The molecule has 1 aromatic carbocycles. The van der Waals surface area contributed by atoms with Crippen molar-refractivity contribution in [3.63, 3.8) is 0 Å². The van der Waals surface area contributed by atoms with E-state index in [0.717, 1.165) is 12.1 Å². The van der Waals surface area contributed by atoms with Crippen LogP contribution in [0.1, 0.15) is 21.6 Å². The molecule has 0 amide bonds. The monoisotopic (exact) mass is 269 g/mol. The lowest BCUT2D eigenvalue weighted by Crippen LogP contribution is -2.09. The minimum Gasteiger partial charge on any atom is -0.294 e. The Balaban J connectivity index is 2.20. The van der Waals surface area contributed by atoms with Crippen LogP contribution in [0, 0.1) is 0 Å². The van der Waals surface area contributed by atoms with Crippen molar-refractivity contribution in [3.8, 4) is 0 Å². The third-order valence-electron chi connectivity index (χ3n) is 2.50. The van der Waals surface area contributed by atoms with Crippen LogP contribution in [0.3, 0.4) is 0 Å². The van der Waals surface area contributed by atoms with Gasteiger partial charge in [-0.3, -0.25) is 9.48 Å². The number of carbonyl (C=O) groups excluding carboxylic acids is 1. The minimum atomic E-state index is -4.46. The molecule has 0 saturated heterocycles. The summed E-state index contributed by atoms with van der Waals surface area (Å²) in [5, 5.41) is 7.38. The summed E-state index contributed by atoms with van der Waals surface area (Å²) in [4.78, 5) is 11.9. The molecular formula is C12H10F3N3O. The van der Waals surface area contributed by atoms with Crippen LogP contribution in [0.25, 0.3) is 0 Å². The first-order valence-electron chi connectivity index (χ1n) is 5.42. The Morgan fingerprint density at radius 3 is 2.68 bits per heavy atom. The highest BCUT2D eigenvalue weighted by Crippen LogP contribution is 2.29. The molecule has 0 aliphatic heterocycles. The van der Waals surface area contributed by atoms with E-state index in [0.29, 0.717) is 5.69 Å². The Morgan fingerprint density at radius 1 is 1.37 bits per heavy atom. The maximum Gasteiger partial charge on any atom is 0.416 e. The summed E-state index contributed by atoms with van der Waals surface area (Å²) in [6, 6.07) is 4.35. The Morgan fingerprint density at radius 2 is 2.11 bits per heavy atom. The topological polar surface area (TPSA) is 47.8 Å². The third kappa shape index (κ3) is 3.18. The van der Waals surface area contributed by atoms with Crippen molar-refractivity contribution in [2.24, 2.45) is 7.05 Å². The quantitative estimate of drug-likeness (QED) is 0.803. The molecule has 0 unspecified atom stereocenters. The van der Waals surface area contributed by atoms with E-state index in [4.69, 9.17) is 0 Å². The van der Waals surface area contributed by atoms with Crippen LogP contribution < -0.4 is 0 Å². The SMILES string of the molecule is Cn1cc(CC(=O)c2cccc(C(F)(F)F)c2)nn1. The van der Waals surface area contributed by atoms with Gasteiger partial charge in [-0.2, -0.15) is 13.2 Å². The molecule has 0 N–H and O–H groups in total. The van der Waals surface area contributed by atoms with Crippen LogP contribution in [0.2, 0.25) is 0 Å². The number of Topliss-reactive ketones (excluding diaryl/α,β-unsaturated/α-hetero) is 1. The van der Waals surface area contributed by atoms with Crippen LogP contribution in [0.4, 0.5) is 13.2 Å². The van der Waals surface area contributed by atoms with E-state index >= 15 is 0 Å². The Hall–Kier alpha value is -2.18.